The molecule has 19 heavy (non-hydrogen) atoms. The number of aryl methyl sites for hydroxylation is 1. The van der Waals surface area contributed by atoms with E-state index >= 15 is 0 Å². The lowest BCUT2D eigenvalue weighted by atomic mass is 9.87. The van der Waals surface area contributed by atoms with Crippen LogP contribution in [0.5, 0.6) is 0 Å². The molecule has 0 aromatic heterocycles. The Labute approximate surface area is 111 Å². The van der Waals surface area contributed by atoms with E-state index in [2.05, 4.69) is 0 Å². The summed E-state index contributed by atoms with van der Waals surface area (Å²) in [4.78, 5) is 23.4. The van der Waals surface area contributed by atoms with Crippen LogP contribution >= 0.6 is 0 Å². The first-order valence-electron chi connectivity index (χ1n) is 6.33. The fraction of sp³-hybridized carbons (Fsp3) is 0.429. The average Bonchev–Trinajstić information content (AvgIpc) is 2.36. The number of carbonyl (C=O) groups is 2. The molecule has 1 aromatic rings. The molecule has 0 fully saturated rings. The Morgan fingerprint density at radius 3 is 2.42 bits per heavy atom. The van der Waals surface area contributed by atoms with Gasteiger partial charge in [0.1, 0.15) is 0 Å². The van der Waals surface area contributed by atoms with Crippen molar-refractivity contribution < 1.29 is 19.8 Å². The smallest absolute Gasteiger partial charge is 0.317 e. The molecule has 5 heteroatoms. The molecule has 1 atom stereocenters. The number of carboxylic acids is 2. The molecule has 1 aromatic carbocycles. The first-order valence-corrected chi connectivity index (χ1v) is 6.33. The quantitative estimate of drug-likeness (QED) is 0.842. The Balaban J connectivity index is 2.26. The van der Waals surface area contributed by atoms with E-state index in [1.165, 1.54) is 10.5 Å². The van der Waals surface area contributed by atoms with Crippen molar-refractivity contribution in [3.05, 3.63) is 35.4 Å². The predicted molar refractivity (Wildman–Crippen MR) is 69.0 cm³/mol. The Hall–Kier alpha value is -1.88. The van der Waals surface area contributed by atoms with Crippen LogP contribution < -0.4 is 0 Å². The summed E-state index contributed by atoms with van der Waals surface area (Å²) in [7, 11) is 0. The zero-order valence-electron chi connectivity index (χ0n) is 10.6. The minimum Gasteiger partial charge on any atom is -0.480 e. The monoisotopic (exact) mass is 263 g/mol. The van der Waals surface area contributed by atoms with Gasteiger partial charge in [0.25, 0.3) is 0 Å². The van der Waals surface area contributed by atoms with E-state index in [1.807, 2.05) is 24.3 Å². The average molecular weight is 263 g/mol. The number of benzene rings is 1. The van der Waals surface area contributed by atoms with Crippen LogP contribution in [0.25, 0.3) is 0 Å². The van der Waals surface area contributed by atoms with Gasteiger partial charge in [0.05, 0.1) is 13.1 Å². The van der Waals surface area contributed by atoms with E-state index in [9.17, 15) is 9.59 Å². The third kappa shape index (κ3) is 3.32. The third-order valence-electron chi connectivity index (χ3n) is 3.46. The SMILES string of the molecule is O=C(O)CN(CC(=O)O)[C@@H]1CCCc2ccccc21. The first kappa shape index (κ1) is 13.5. The van der Waals surface area contributed by atoms with Crippen molar-refractivity contribution in [3.8, 4) is 0 Å². The Morgan fingerprint density at radius 2 is 1.79 bits per heavy atom. The number of carboxylic acid groups (broad SMARTS) is 2. The van der Waals surface area contributed by atoms with Gasteiger partial charge in [0, 0.05) is 6.04 Å². The summed E-state index contributed by atoms with van der Waals surface area (Å²) in [6, 6.07) is 7.76. The topological polar surface area (TPSA) is 77.8 Å². The Morgan fingerprint density at radius 1 is 1.16 bits per heavy atom. The van der Waals surface area contributed by atoms with Gasteiger partial charge in [0.2, 0.25) is 0 Å². The van der Waals surface area contributed by atoms with Crippen molar-refractivity contribution in [2.24, 2.45) is 0 Å². The maximum Gasteiger partial charge on any atom is 0.317 e. The van der Waals surface area contributed by atoms with E-state index in [-0.39, 0.29) is 19.1 Å². The largest absolute Gasteiger partial charge is 0.480 e. The number of fused-ring (bicyclic) bond motifs is 1. The molecule has 0 unspecified atom stereocenters. The van der Waals surface area contributed by atoms with Gasteiger partial charge in [-0.25, -0.2) is 0 Å². The third-order valence-corrected chi connectivity index (χ3v) is 3.46. The molecule has 0 saturated carbocycles. The van der Waals surface area contributed by atoms with Crippen LogP contribution in [0.1, 0.15) is 30.0 Å². The van der Waals surface area contributed by atoms with E-state index in [0.29, 0.717) is 0 Å². The van der Waals surface area contributed by atoms with Gasteiger partial charge in [-0.15, -0.1) is 0 Å². The summed E-state index contributed by atoms with van der Waals surface area (Å²) in [5.41, 5.74) is 2.26. The second-order valence-corrected chi connectivity index (χ2v) is 4.80. The minimum absolute atomic E-state index is 0.114. The summed E-state index contributed by atoms with van der Waals surface area (Å²) >= 11 is 0. The van der Waals surface area contributed by atoms with Crippen molar-refractivity contribution in [1.82, 2.24) is 4.90 Å². The summed E-state index contributed by atoms with van der Waals surface area (Å²) in [5, 5.41) is 17.9. The maximum atomic E-state index is 10.9. The van der Waals surface area contributed by atoms with Crippen LogP contribution in [-0.4, -0.2) is 40.1 Å². The highest BCUT2D eigenvalue weighted by Crippen LogP contribution is 2.33. The standard InChI is InChI=1S/C14H17NO4/c16-13(17)8-15(9-14(18)19)12-7-3-5-10-4-1-2-6-11(10)12/h1-2,4,6,12H,3,5,7-9H2,(H,16,17)(H,18,19)/t12-/m1/s1. The number of aliphatic carboxylic acids is 2. The summed E-state index contributed by atoms with van der Waals surface area (Å²) in [5.74, 6) is -1.99. The predicted octanol–water partition coefficient (Wildman–Crippen LogP) is 1.54. The molecule has 2 rings (SSSR count). The molecule has 0 bridgehead atoms. The number of nitrogens with zero attached hydrogens (tertiary/aromatic N) is 1. The van der Waals surface area contributed by atoms with Gasteiger partial charge in [-0.1, -0.05) is 24.3 Å². The zero-order chi connectivity index (χ0) is 13.8. The van der Waals surface area contributed by atoms with Crippen LogP contribution in [0.3, 0.4) is 0 Å². The first-order chi connectivity index (χ1) is 9.08. The van der Waals surface area contributed by atoms with Crippen molar-refractivity contribution in [2.45, 2.75) is 25.3 Å². The van der Waals surface area contributed by atoms with Gasteiger partial charge in [-0.05, 0) is 30.4 Å². The molecule has 102 valence electrons. The van der Waals surface area contributed by atoms with Gasteiger partial charge in [-0.2, -0.15) is 0 Å². The van der Waals surface area contributed by atoms with Crippen molar-refractivity contribution >= 4 is 11.9 Å². The van der Waals surface area contributed by atoms with Crippen molar-refractivity contribution in [3.63, 3.8) is 0 Å². The van der Waals surface area contributed by atoms with Crippen LogP contribution in [-0.2, 0) is 16.0 Å². The van der Waals surface area contributed by atoms with Crippen LogP contribution in [0.15, 0.2) is 24.3 Å². The second-order valence-electron chi connectivity index (χ2n) is 4.80. The normalized spacial score (nSPS) is 18.1. The zero-order valence-corrected chi connectivity index (χ0v) is 10.6. The van der Waals surface area contributed by atoms with E-state index < -0.39 is 11.9 Å². The van der Waals surface area contributed by atoms with Gasteiger partial charge < -0.3 is 10.2 Å². The molecule has 1 aliphatic rings. The molecule has 2 N–H and O–H groups in total. The molecule has 0 radical (unpaired) electrons. The number of hydrogen-bond donors (Lipinski definition) is 2. The number of hydrogen-bond acceptors (Lipinski definition) is 3. The molecular formula is C14H17NO4. The van der Waals surface area contributed by atoms with Crippen molar-refractivity contribution in [1.29, 1.82) is 0 Å². The fourth-order valence-corrected chi connectivity index (χ4v) is 2.73. The lowest BCUT2D eigenvalue weighted by molar-refractivity contribution is -0.143. The highest BCUT2D eigenvalue weighted by molar-refractivity contribution is 5.72. The van der Waals surface area contributed by atoms with Gasteiger partial charge in [-0.3, -0.25) is 14.5 Å². The van der Waals surface area contributed by atoms with E-state index in [0.717, 1.165) is 24.8 Å². The second kappa shape index (κ2) is 5.84. The summed E-state index contributed by atoms with van der Waals surface area (Å²) in [6.45, 7) is -0.489. The lowest BCUT2D eigenvalue weighted by Gasteiger charge is -2.33. The van der Waals surface area contributed by atoms with Crippen LogP contribution in [0.2, 0.25) is 0 Å². The van der Waals surface area contributed by atoms with Crippen molar-refractivity contribution in [2.75, 3.05) is 13.1 Å². The van der Waals surface area contributed by atoms with E-state index in [4.69, 9.17) is 10.2 Å². The maximum absolute atomic E-state index is 10.9. The summed E-state index contributed by atoms with van der Waals surface area (Å²) in [6.07, 6.45) is 2.73. The van der Waals surface area contributed by atoms with E-state index in [1.54, 1.807) is 0 Å². The van der Waals surface area contributed by atoms with Crippen LogP contribution in [0, 0.1) is 0 Å². The molecule has 0 saturated heterocycles. The Bertz CT molecular complexity index is 470. The molecule has 0 aliphatic heterocycles. The molecular weight excluding hydrogens is 246 g/mol. The van der Waals surface area contributed by atoms with Crippen LogP contribution in [0.4, 0.5) is 0 Å². The minimum atomic E-state index is -0.996. The molecule has 5 nitrogen and oxygen atoms in total. The van der Waals surface area contributed by atoms with Gasteiger partial charge in [0.15, 0.2) is 0 Å². The number of rotatable bonds is 5. The molecule has 0 amide bonds. The highest BCUT2D eigenvalue weighted by Gasteiger charge is 2.28. The molecule has 1 aliphatic carbocycles. The Kier molecular flexibility index (Phi) is 4.16. The highest BCUT2D eigenvalue weighted by atomic mass is 16.4. The lowest BCUT2D eigenvalue weighted by Crippen LogP contribution is -2.39. The molecule has 0 heterocycles. The van der Waals surface area contributed by atoms with Gasteiger partial charge >= 0.3 is 11.9 Å². The summed E-state index contributed by atoms with van der Waals surface area (Å²) < 4.78 is 0. The molecule has 0 spiro atoms. The fourth-order valence-electron chi connectivity index (χ4n) is 2.73.